The zero-order chi connectivity index (χ0) is 29.3. The molecule has 1 aromatic rings. The predicted molar refractivity (Wildman–Crippen MR) is 152 cm³/mol. The normalized spacial score (nSPS) is 20.2. The van der Waals surface area contributed by atoms with Crippen molar-refractivity contribution in [3.05, 3.63) is 35.9 Å². The number of carbonyl (C=O) groups excluding carboxylic acids is 4. The van der Waals surface area contributed by atoms with Crippen LogP contribution in [-0.4, -0.2) is 58.5 Å². The van der Waals surface area contributed by atoms with Crippen LogP contribution in [-0.2, 0) is 30.5 Å². The molecular formula is C31H47N3O6. The van der Waals surface area contributed by atoms with Gasteiger partial charge in [0.05, 0.1) is 0 Å². The van der Waals surface area contributed by atoms with Crippen LogP contribution in [0.2, 0.25) is 0 Å². The first-order valence-corrected chi connectivity index (χ1v) is 14.7. The standard InChI is InChI=1S/C31H47N3O6/c1-6-31(5,33-29(38)40-30(2,3)4)28(37)32-24(20-22-14-9-7-10-15-22)26(35)34-19-13-18-25(34)27(36)39-21-23-16-11-8-12-17-23/h8,11-12,16-17,22,24-25H,6-7,9-10,13-15,18-21H2,1-5H3,(H,32,37)(H,33,38)/t24-,25+,31-/m0/s1. The maximum atomic E-state index is 14.0. The summed E-state index contributed by atoms with van der Waals surface area (Å²) in [6, 6.07) is 7.95. The molecule has 9 nitrogen and oxygen atoms in total. The van der Waals surface area contributed by atoms with Crippen molar-refractivity contribution in [3.8, 4) is 0 Å². The average Bonchev–Trinajstić information content (AvgIpc) is 3.41. The summed E-state index contributed by atoms with van der Waals surface area (Å²) >= 11 is 0. The predicted octanol–water partition coefficient (Wildman–Crippen LogP) is 4.87. The van der Waals surface area contributed by atoms with E-state index in [1.54, 1.807) is 39.5 Å². The molecule has 1 aliphatic heterocycles. The molecule has 0 bridgehead atoms. The first-order chi connectivity index (χ1) is 18.9. The van der Waals surface area contributed by atoms with E-state index < -0.39 is 41.2 Å². The van der Waals surface area contributed by atoms with E-state index in [1.807, 2.05) is 30.3 Å². The van der Waals surface area contributed by atoms with Gasteiger partial charge in [-0.3, -0.25) is 9.59 Å². The molecule has 0 spiro atoms. The molecule has 222 valence electrons. The molecule has 1 aliphatic carbocycles. The van der Waals surface area contributed by atoms with Gasteiger partial charge in [0.2, 0.25) is 11.8 Å². The van der Waals surface area contributed by atoms with Crippen LogP contribution in [0.1, 0.15) is 98.0 Å². The lowest BCUT2D eigenvalue weighted by molar-refractivity contribution is -0.155. The molecule has 2 aliphatic rings. The zero-order valence-corrected chi connectivity index (χ0v) is 24.8. The van der Waals surface area contributed by atoms with Crippen molar-refractivity contribution in [1.29, 1.82) is 0 Å². The number of alkyl carbamates (subject to hydrolysis) is 1. The summed E-state index contributed by atoms with van der Waals surface area (Å²) in [6.07, 6.45) is 6.71. The van der Waals surface area contributed by atoms with Crippen molar-refractivity contribution in [2.24, 2.45) is 5.92 Å². The molecule has 0 unspecified atom stereocenters. The highest BCUT2D eigenvalue weighted by molar-refractivity contribution is 5.95. The Morgan fingerprint density at radius 3 is 2.27 bits per heavy atom. The first-order valence-electron chi connectivity index (χ1n) is 14.7. The van der Waals surface area contributed by atoms with E-state index in [1.165, 1.54) is 6.42 Å². The van der Waals surface area contributed by atoms with Crippen LogP contribution in [0.5, 0.6) is 0 Å². The molecule has 1 saturated carbocycles. The SMILES string of the molecule is CC[C@](C)(NC(=O)OC(C)(C)C)C(=O)N[C@@H](CC1CCCCC1)C(=O)N1CCC[C@@H]1C(=O)OCc1ccccc1. The number of hydrogen-bond acceptors (Lipinski definition) is 6. The molecule has 0 aromatic heterocycles. The number of amides is 3. The molecule has 1 aromatic carbocycles. The maximum absolute atomic E-state index is 14.0. The molecule has 2 N–H and O–H groups in total. The molecule has 3 atom stereocenters. The second-order valence-corrected chi connectivity index (χ2v) is 12.4. The summed E-state index contributed by atoms with van der Waals surface area (Å²) in [7, 11) is 0. The molecular weight excluding hydrogens is 510 g/mol. The van der Waals surface area contributed by atoms with Gasteiger partial charge >= 0.3 is 12.1 Å². The summed E-state index contributed by atoms with van der Waals surface area (Å²) < 4.78 is 11.0. The number of hydrogen-bond donors (Lipinski definition) is 2. The van der Waals surface area contributed by atoms with Crippen molar-refractivity contribution in [2.45, 2.75) is 122 Å². The minimum atomic E-state index is -1.27. The number of ether oxygens (including phenoxy) is 2. The summed E-state index contributed by atoms with van der Waals surface area (Å²) in [5.74, 6) is -0.838. The van der Waals surface area contributed by atoms with Gasteiger partial charge in [0, 0.05) is 6.54 Å². The Hall–Kier alpha value is -3.10. The lowest BCUT2D eigenvalue weighted by atomic mass is 9.84. The Kier molecular flexibility index (Phi) is 11.0. The Balaban J connectivity index is 1.73. The fourth-order valence-corrected chi connectivity index (χ4v) is 5.43. The van der Waals surface area contributed by atoms with Crippen LogP contribution < -0.4 is 10.6 Å². The van der Waals surface area contributed by atoms with E-state index in [9.17, 15) is 19.2 Å². The van der Waals surface area contributed by atoms with Crippen molar-refractivity contribution in [3.63, 3.8) is 0 Å². The number of nitrogens with one attached hydrogen (secondary N) is 2. The van der Waals surface area contributed by atoms with Gasteiger partial charge in [0.1, 0.15) is 29.8 Å². The summed E-state index contributed by atoms with van der Waals surface area (Å²) in [5, 5.41) is 5.67. The molecule has 0 radical (unpaired) electrons. The topological polar surface area (TPSA) is 114 Å². The van der Waals surface area contributed by atoms with E-state index >= 15 is 0 Å². The number of esters is 1. The third-order valence-corrected chi connectivity index (χ3v) is 7.91. The summed E-state index contributed by atoms with van der Waals surface area (Å²) in [5.41, 5.74) is -1.10. The van der Waals surface area contributed by atoms with Crippen LogP contribution in [0.15, 0.2) is 30.3 Å². The van der Waals surface area contributed by atoms with E-state index in [2.05, 4.69) is 10.6 Å². The van der Waals surface area contributed by atoms with Gasteiger partial charge in [0.25, 0.3) is 0 Å². The van der Waals surface area contributed by atoms with E-state index in [0.29, 0.717) is 38.1 Å². The molecule has 2 fully saturated rings. The molecule has 3 amide bonds. The molecule has 9 heteroatoms. The Morgan fingerprint density at radius 1 is 0.975 bits per heavy atom. The second-order valence-electron chi connectivity index (χ2n) is 12.4. The van der Waals surface area contributed by atoms with Gasteiger partial charge < -0.3 is 25.0 Å². The van der Waals surface area contributed by atoms with Gasteiger partial charge in [-0.05, 0) is 64.9 Å². The smallest absolute Gasteiger partial charge is 0.408 e. The van der Waals surface area contributed by atoms with Crippen molar-refractivity contribution < 1.29 is 28.7 Å². The highest BCUT2D eigenvalue weighted by Gasteiger charge is 2.42. The lowest BCUT2D eigenvalue weighted by Gasteiger charge is -2.35. The fourth-order valence-electron chi connectivity index (χ4n) is 5.43. The number of likely N-dealkylation sites (tertiary alicyclic amines) is 1. The number of benzene rings is 1. The first kappa shape index (κ1) is 31.4. The van der Waals surface area contributed by atoms with Gasteiger partial charge in [-0.1, -0.05) is 69.4 Å². The number of carbonyl (C=O) groups is 4. The van der Waals surface area contributed by atoms with Crippen molar-refractivity contribution >= 4 is 23.9 Å². The van der Waals surface area contributed by atoms with Gasteiger partial charge in [0.15, 0.2) is 0 Å². The monoisotopic (exact) mass is 557 g/mol. The van der Waals surface area contributed by atoms with Crippen LogP contribution in [0.4, 0.5) is 4.79 Å². The van der Waals surface area contributed by atoms with E-state index in [0.717, 1.165) is 31.2 Å². The van der Waals surface area contributed by atoms with Crippen LogP contribution in [0, 0.1) is 5.92 Å². The minimum Gasteiger partial charge on any atom is -0.459 e. The molecule has 1 saturated heterocycles. The largest absolute Gasteiger partial charge is 0.459 e. The van der Waals surface area contributed by atoms with Crippen LogP contribution in [0.25, 0.3) is 0 Å². The van der Waals surface area contributed by atoms with Gasteiger partial charge in [-0.15, -0.1) is 0 Å². The molecule has 3 rings (SSSR count). The maximum Gasteiger partial charge on any atom is 0.408 e. The minimum absolute atomic E-state index is 0.144. The summed E-state index contributed by atoms with van der Waals surface area (Å²) in [6.45, 7) is 9.28. The second kappa shape index (κ2) is 14.0. The Morgan fingerprint density at radius 2 is 1.65 bits per heavy atom. The fraction of sp³-hybridized carbons (Fsp3) is 0.677. The van der Waals surface area contributed by atoms with Crippen LogP contribution in [0.3, 0.4) is 0 Å². The Bertz CT molecular complexity index is 1020. The third kappa shape index (κ3) is 8.96. The lowest BCUT2D eigenvalue weighted by Crippen LogP contribution is -2.61. The van der Waals surface area contributed by atoms with Gasteiger partial charge in [-0.25, -0.2) is 9.59 Å². The van der Waals surface area contributed by atoms with E-state index in [-0.39, 0.29) is 12.5 Å². The highest BCUT2D eigenvalue weighted by Crippen LogP contribution is 2.29. The quantitative estimate of drug-likeness (QED) is 0.397. The zero-order valence-electron chi connectivity index (χ0n) is 24.8. The third-order valence-electron chi connectivity index (χ3n) is 7.91. The highest BCUT2D eigenvalue weighted by atomic mass is 16.6. The van der Waals surface area contributed by atoms with E-state index in [4.69, 9.17) is 9.47 Å². The average molecular weight is 558 g/mol. The van der Waals surface area contributed by atoms with Gasteiger partial charge in [-0.2, -0.15) is 0 Å². The molecule has 40 heavy (non-hydrogen) atoms. The summed E-state index contributed by atoms with van der Waals surface area (Å²) in [4.78, 5) is 54.7. The number of nitrogens with zero attached hydrogens (tertiary/aromatic N) is 1. The van der Waals surface area contributed by atoms with Crippen LogP contribution >= 0.6 is 0 Å². The van der Waals surface area contributed by atoms with Crippen molar-refractivity contribution in [1.82, 2.24) is 15.5 Å². The Labute approximate surface area is 238 Å². The van der Waals surface area contributed by atoms with Crippen molar-refractivity contribution in [2.75, 3.05) is 6.54 Å². The number of rotatable bonds is 10. The molecule has 1 heterocycles.